The summed E-state index contributed by atoms with van der Waals surface area (Å²) in [5.74, 6) is 1.13. The molecule has 28 heavy (non-hydrogen) atoms. The highest BCUT2D eigenvalue weighted by Crippen LogP contribution is 2.25. The summed E-state index contributed by atoms with van der Waals surface area (Å²) in [6, 6.07) is 15.3. The molecular formula is C22H20N4O2. The lowest BCUT2D eigenvalue weighted by Gasteiger charge is -2.12. The van der Waals surface area contributed by atoms with Crippen LogP contribution >= 0.6 is 0 Å². The van der Waals surface area contributed by atoms with E-state index in [1.54, 1.807) is 6.20 Å². The van der Waals surface area contributed by atoms with Gasteiger partial charge in [-0.05, 0) is 43.2 Å². The summed E-state index contributed by atoms with van der Waals surface area (Å²) in [7, 11) is 0. The summed E-state index contributed by atoms with van der Waals surface area (Å²) in [5.41, 5.74) is 4.40. The first-order valence-corrected chi connectivity index (χ1v) is 8.99. The Kier molecular flexibility index (Phi) is 4.76. The Balaban J connectivity index is 1.50. The van der Waals surface area contributed by atoms with Crippen LogP contribution < -0.4 is 10.1 Å². The standard InChI is InChI=1S/C22H20N4O2/c1-15-8-9-17(19-13-26-11-5-10-23-22(26)25-19)12-18(15)24-21(27)14-28-20-7-4-3-6-16(20)2/h3-13H,14H2,1-2H3,(H,24,27). The molecule has 1 amide bonds. The van der Waals surface area contributed by atoms with Crippen molar-refractivity contribution in [2.24, 2.45) is 0 Å². The number of rotatable bonds is 5. The molecule has 0 saturated carbocycles. The molecule has 0 aliphatic rings. The Morgan fingerprint density at radius 1 is 1.11 bits per heavy atom. The number of ether oxygens (including phenoxy) is 1. The molecule has 1 N–H and O–H groups in total. The van der Waals surface area contributed by atoms with Gasteiger partial charge in [0.05, 0.1) is 5.69 Å². The lowest BCUT2D eigenvalue weighted by Crippen LogP contribution is -2.20. The van der Waals surface area contributed by atoms with Gasteiger partial charge in [0, 0.05) is 29.8 Å². The van der Waals surface area contributed by atoms with Crippen molar-refractivity contribution < 1.29 is 9.53 Å². The number of nitrogens with one attached hydrogen (secondary N) is 1. The van der Waals surface area contributed by atoms with Crippen molar-refractivity contribution in [2.45, 2.75) is 13.8 Å². The second-order valence-corrected chi connectivity index (χ2v) is 6.59. The van der Waals surface area contributed by atoms with Crippen molar-refractivity contribution in [1.29, 1.82) is 0 Å². The Bertz CT molecular complexity index is 1120. The second kappa shape index (κ2) is 7.52. The molecular weight excluding hydrogens is 352 g/mol. The van der Waals surface area contributed by atoms with E-state index in [-0.39, 0.29) is 12.5 Å². The van der Waals surface area contributed by atoms with Crippen molar-refractivity contribution in [3.63, 3.8) is 0 Å². The number of hydrogen-bond donors (Lipinski definition) is 1. The van der Waals surface area contributed by atoms with Gasteiger partial charge >= 0.3 is 0 Å². The molecule has 0 radical (unpaired) electrons. The maximum atomic E-state index is 12.4. The van der Waals surface area contributed by atoms with Gasteiger partial charge in [-0.2, -0.15) is 0 Å². The third kappa shape index (κ3) is 3.71. The van der Waals surface area contributed by atoms with Crippen LogP contribution in [0, 0.1) is 13.8 Å². The number of para-hydroxylation sites is 1. The topological polar surface area (TPSA) is 68.5 Å². The minimum Gasteiger partial charge on any atom is -0.483 e. The Morgan fingerprint density at radius 3 is 2.79 bits per heavy atom. The van der Waals surface area contributed by atoms with Gasteiger partial charge in [0.1, 0.15) is 5.75 Å². The number of aryl methyl sites for hydroxylation is 2. The predicted octanol–water partition coefficient (Wildman–Crippen LogP) is 4.03. The molecule has 4 rings (SSSR count). The minimum atomic E-state index is -0.208. The predicted molar refractivity (Wildman–Crippen MR) is 108 cm³/mol. The highest BCUT2D eigenvalue weighted by Gasteiger charge is 2.10. The highest BCUT2D eigenvalue weighted by molar-refractivity contribution is 5.93. The lowest BCUT2D eigenvalue weighted by atomic mass is 10.1. The van der Waals surface area contributed by atoms with Crippen molar-refractivity contribution in [3.05, 3.63) is 78.2 Å². The van der Waals surface area contributed by atoms with Crippen molar-refractivity contribution in [2.75, 3.05) is 11.9 Å². The molecule has 0 aliphatic heterocycles. The van der Waals surface area contributed by atoms with Crippen LogP contribution in [0.1, 0.15) is 11.1 Å². The summed E-state index contributed by atoms with van der Waals surface area (Å²) in [6.07, 6.45) is 5.53. The number of benzene rings is 2. The Labute approximate surface area is 162 Å². The van der Waals surface area contributed by atoms with Crippen LogP contribution in [0.25, 0.3) is 17.0 Å². The number of fused-ring (bicyclic) bond motifs is 1. The van der Waals surface area contributed by atoms with Crippen molar-refractivity contribution >= 4 is 17.4 Å². The zero-order valence-electron chi connectivity index (χ0n) is 15.7. The van der Waals surface area contributed by atoms with Crippen molar-refractivity contribution in [1.82, 2.24) is 14.4 Å². The van der Waals surface area contributed by atoms with Crippen LogP contribution in [-0.2, 0) is 4.79 Å². The van der Waals surface area contributed by atoms with Crippen LogP contribution in [0.2, 0.25) is 0 Å². The molecule has 0 spiro atoms. The SMILES string of the molecule is Cc1ccc(-c2cn3cccnc3n2)cc1NC(=O)COc1ccccc1C. The van der Waals surface area contributed by atoms with E-state index >= 15 is 0 Å². The van der Waals surface area contributed by atoms with Crippen LogP contribution in [-0.4, -0.2) is 26.9 Å². The maximum Gasteiger partial charge on any atom is 0.262 e. The first kappa shape index (κ1) is 17.7. The maximum absolute atomic E-state index is 12.4. The van der Waals surface area contributed by atoms with Crippen LogP contribution in [0.15, 0.2) is 67.1 Å². The minimum absolute atomic E-state index is 0.0488. The summed E-state index contributed by atoms with van der Waals surface area (Å²) >= 11 is 0. The molecule has 0 fully saturated rings. The molecule has 6 nitrogen and oxygen atoms in total. The largest absolute Gasteiger partial charge is 0.483 e. The zero-order chi connectivity index (χ0) is 19.5. The molecule has 0 unspecified atom stereocenters. The third-order valence-corrected chi connectivity index (χ3v) is 4.50. The monoisotopic (exact) mass is 372 g/mol. The van der Waals surface area contributed by atoms with Gasteiger partial charge in [-0.1, -0.05) is 30.3 Å². The first-order chi connectivity index (χ1) is 13.6. The zero-order valence-corrected chi connectivity index (χ0v) is 15.7. The summed E-state index contributed by atoms with van der Waals surface area (Å²) in [5, 5.41) is 2.93. The molecule has 0 bridgehead atoms. The second-order valence-electron chi connectivity index (χ2n) is 6.59. The molecule has 0 atom stereocenters. The Hall–Kier alpha value is -3.67. The number of amides is 1. The van der Waals surface area contributed by atoms with Crippen LogP contribution in [0.5, 0.6) is 5.75 Å². The van der Waals surface area contributed by atoms with E-state index < -0.39 is 0 Å². The molecule has 0 aliphatic carbocycles. The van der Waals surface area contributed by atoms with E-state index in [0.717, 1.165) is 28.1 Å². The molecule has 2 heterocycles. The van der Waals surface area contributed by atoms with Crippen molar-refractivity contribution in [3.8, 4) is 17.0 Å². The molecule has 0 saturated heterocycles. The molecule has 6 heteroatoms. The normalized spacial score (nSPS) is 10.8. The van der Waals surface area contributed by atoms with Gasteiger partial charge in [0.25, 0.3) is 5.91 Å². The molecule has 140 valence electrons. The molecule has 2 aromatic heterocycles. The number of nitrogens with zero attached hydrogens (tertiary/aromatic N) is 3. The summed E-state index contributed by atoms with van der Waals surface area (Å²) in [6.45, 7) is 3.85. The lowest BCUT2D eigenvalue weighted by molar-refractivity contribution is -0.118. The van der Waals surface area contributed by atoms with Crippen LogP contribution in [0.4, 0.5) is 5.69 Å². The third-order valence-electron chi connectivity index (χ3n) is 4.50. The Morgan fingerprint density at radius 2 is 1.96 bits per heavy atom. The van der Waals surface area contributed by atoms with Gasteiger partial charge in [0.2, 0.25) is 5.78 Å². The fourth-order valence-electron chi connectivity index (χ4n) is 2.93. The summed E-state index contributed by atoms with van der Waals surface area (Å²) in [4.78, 5) is 21.1. The number of carbonyl (C=O) groups excluding carboxylic acids is 1. The number of carbonyl (C=O) groups is 1. The average Bonchev–Trinajstić information content (AvgIpc) is 3.13. The van der Waals surface area contributed by atoms with Gasteiger partial charge in [0.15, 0.2) is 6.61 Å². The fourth-order valence-corrected chi connectivity index (χ4v) is 2.93. The first-order valence-electron chi connectivity index (χ1n) is 8.99. The fraction of sp³-hybridized carbons (Fsp3) is 0.136. The quantitative estimate of drug-likeness (QED) is 0.574. The van der Waals surface area contributed by atoms with Gasteiger partial charge < -0.3 is 10.1 Å². The van der Waals surface area contributed by atoms with Crippen LogP contribution in [0.3, 0.4) is 0 Å². The van der Waals surface area contributed by atoms with E-state index in [1.165, 1.54) is 0 Å². The van der Waals surface area contributed by atoms with E-state index in [1.807, 2.05) is 79.2 Å². The molecule has 4 aromatic rings. The molecule has 2 aromatic carbocycles. The number of anilines is 1. The number of hydrogen-bond acceptors (Lipinski definition) is 4. The summed E-state index contributed by atoms with van der Waals surface area (Å²) < 4.78 is 7.49. The smallest absolute Gasteiger partial charge is 0.262 e. The van der Waals surface area contributed by atoms with E-state index in [2.05, 4.69) is 15.3 Å². The highest BCUT2D eigenvalue weighted by atomic mass is 16.5. The van der Waals surface area contributed by atoms with E-state index in [4.69, 9.17) is 4.74 Å². The number of aromatic nitrogens is 3. The van der Waals surface area contributed by atoms with Gasteiger partial charge in [-0.15, -0.1) is 0 Å². The van der Waals surface area contributed by atoms with Gasteiger partial charge in [-0.25, -0.2) is 9.97 Å². The van der Waals surface area contributed by atoms with E-state index in [9.17, 15) is 4.79 Å². The average molecular weight is 372 g/mol. The van der Waals surface area contributed by atoms with Gasteiger partial charge in [-0.3, -0.25) is 9.20 Å². The van der Waals surface area contributed by atoms with E-state index in [0.29, 0.717) is 11.5 Å². The number of imidazole rings is 1.